The maximum Gasteiger partial charge on any atom is 0.336 e. The van der Waals surface area contributed by atoms with E-state index in [9.17, 15) is 14.4 Å². The highest BCUT2D eigenvalue weighted by Crippen LogP contribution is 2.63. The zero-order valence-corrected chi connectivity index (χ0v) is 21.4. The average Bonchev–Trinajstić information content (AvgIpc) is 3.30. The van der Waals surface area contributed by atoms with Crippen molar-refractivity contribution in [2.75, 3.05) is 11.5 Å². The first-order valence-electron chi connectivity index (χ1n) is 11.4. The number of carbonyl (C=O) groups is 3. The first kappa shape index (κ1) is 22.9. The van der Waals surface area contributed by atoms with E-state index >= 15 is 0 Å². The van der Waals surface area contributed by atoms with Crippen molar-refractivity contribution in [2.24, 2.45) is 5.41 Å². The molecule has 1 N–H and O–H groups in total. The average molecular weight is 563 g/mol. The van der Waals surface area contributed by atoms with E-state index in [-0.39, 0.29) is 23.3 Å². The minimum atomic E-state index is -2.03. The molecule has 3 aliphatic rings. The fraction of sp³-hybridized carbons (Fsp3) is 0.185. The molecule has 3 aliphatic heterocycles. The molecule has 3 aromatic rings. The van der Waals surface area contributed by atoms with Gasteiger partial charge in [-0.25, -0.2) is 4.79 Å². The van der Waals surface area contributed by atoms with Crippen LogP contribution in [0.15, 0.2) is 77.3 Å². The summed E-state index contributed by atoms with van der Waals surface area (Å²) in [6.45, 7) is 1.68. The van der Waals surface area contributed by atoms with Crippen LogP contribution in [-0.4, -0.2) is 29.4 Å². The van der Waals surface area contributed by atoms with Crippen molar-refractivity contribution in [1.29, 1.82) is 0 Å². The van der Waals surface area contributed by atoms with Gasteiger partial charge in [0.2, 0.25) is 5.41 Å². The number of fused-ring (bicyclic) bond motifs is 6. The number of ether oxygens (including phenoxy) is 2. The number of nitrogens with zero attached hydrogens (tertiary/aromatic N) is 1. The summed E-state index contributed by atoms with van der Waals surface area (Å²) in [5, 5.41) is 3.17. The fourth-order valence-corrected chi connectivity index (χ4v) is 6.50. The zero-order valence-electron chi connectivity index (χ0n) is 19.0. The summed E-state index contributed by atoms with van der Waals surface area (Å²) in [5.41, 5.74) is -1.18. The van der Waals surface area contributed by atoms with E-state index in [1.807, 2.05) is 54.6 Å². The maximum absolute atomic E-state index is 14.6. The van der Waals surface area contributed by atoms with Crippen LogP contribution < -0.4 is 15.0 Å². The lowest BCUT2D eigenvalue weighted by molar-refractivity contribution is -0.164. The van der Waals surface area contributed by atoms with Crippen LogP contribution >= 0.6 is 28.1 Å². The molecule has 0 bridgehead atoms. The molecule has 36 heavy (non-hydrogen) atoms. The van der Waals surface area contributed by atoms with Crippen molar-refractivity contribution in [3.05, 3.63) is 88.4 Å². The number of amides is 1. The summed E-state index contributed by atoms with van der Waals surface area (Å²) in [6.07, 6.45) is 0. The minimum Gasteiger partial charge on any atom is -0.465 e. The minimum absolute atomic E-state index is 0.0300. The van der Waals surface area contributed by atoms with E-state index < -0.39 is 28.8 Å². The number of rotatable bonds is 3. The fourth-order valence-electron chi connectivity index (χ4n) is 5.68. The summed E-state index contributed by atoms with van der Waals surface area (Å²) >= 11 is 9.20. The second-order valence-electron chi connectivity index (χ2n) is 8.79. The van der Waals surface area contributed by atoms with Gasteiger partial charge in [-0.1, -0.05) is 64.5 Å². The number of anilines is 2. The number of thiocarbonyl (C=S) groups is 1. The molecule has 3 aromatic carbocycles. The van der Waals surface area contributed by atoms with Crippen molar-refractivity contribution < 1.29 is 23.9 Å². The Morgan fingerprint density at radius 2 is 1.83 bits per heavy atom. The summed E-state index contributed by atoms with van der Waals surface area (Å²) in [6, 6.07) is 21.7. The number of benzene rings is 3. The second kappa shape index (κ2) is 7.97. The number of hydrogen-bond donors (Lipinski definition) is 1. The number of esters is 2. The highest BCUT2D eigenvalue weighted by Gasteiger charge is 2.77. The molecule has 0 unspecified atom stereocenters. The van der Waals surface area contributed by atoms with Gasteiger partial charge in [-0.05, 0) is 43.3 Å². The third kappa shape index (κ3) is 2.72. The Hall–Kier alpha value is -3.56. The highest BCUT2D eigenvalue weighted by molar-refractivity contribution is 9.10. The summed E-state index contributed by atoms with van der Waals surface area (Å²) in [5.74, 6) is -2.84. The molecule has 3 atom stereocenters. The Balaban J connectivity index is 1.69. The molecule has 9 heteroatoms. The van der Waals surface area contributed by atoms with Crippen LogP contribution in [0.1, 0.15) is 24.0 Å². The zero-order chi connectivity index (χ0) is 25.2. The monoisotopic (exact) mass is 562 g/mol. The van der Waals surface area contributed by atoms with E-state index in [0.29, 0.717) is 27.0 Å². The smallest absolute Gasteiger partial charge is 0.336 e. The SMILES string of the molecule is CCOC(=O)[C@]12C(=O)Oc3ccc(Br)cc3[C@H]1[C@]1(NC2=S)C(=O)N(c2ccccc2)c2ccccc21. The van der Waals surface area contributed by atoms with Crippen LogP contribution in [0, 0.1) is 5.41 Å². The van der Waals surface area contributed by atoms with Crippen molar-refractivity contribution in [3.8, 4) is 5.75 Å². The Labute approximate surface area is 220 Å². The molecule has 6 rings (SSSR count). The van der Waals surface area contributed by atoms with Crippen LogP contribution in [0.25, 0.3) is 0 Å². The van der Waals surface area contributed by atoms with Crippen LogP contribution in [0.4, 0.5) is 11.4 Å². The third-order valence-corrected chi connectivity index (χ3v) is 7.98. The van der Waals surface area contributed by atoms with E-state index in [1.165, 1.54) is 0 Å². The number of hydrogen-bond acceptors (Lipinski definition) is 6. The number of carbonyl (C=O) groups excluding carboxylic acids is 3. The van der Waals surface area contributed by atoms with E-state index in [4.69, 9.17) is 21.7 Å². The quantitative estimate of drug-likeness (QED) is 0.217. The van der Waals surface area contributed by atoms with Crippen LogP contribution in [0.5, 0.6) is 5.75 Å². The van der Waals surface area contributed by atoms with Gasteiger partial charge in [-0.2, -0.15) is 0 Å². The Bertz CT molecular complexity index is 1480. The van der Waals surface area contributed by atoms with Gasteiger partial charge in [0.15, 0.2) is 5.54 Å². The topological polar surface area (TPSA) is 84.9 Å². The van der Waals surface area contributed by atoms with Gasteiger partial charge in [-0.15, -0.1) is 0 Å². The molecule has 7 nitrogen and oxygen atoms in total. The lowest BCUT2D eigenvalue weighted by Crippen LogP contribution is -2.55. The standard InChI is InChI=1S/C27H19BrN2O5S/c1-2-34-24(32)26-21(17-14-15(28)12-13-20(17)35-25(26)33)27(29-22(26)36)18-10-6-7-11-19(18)30(23(27)31)16-8-4-3-5-9-16/h3-14,21H,2H2,1H3,(H,29,36)/t21-,26+,27+/m1/s1. The third-order valence-electron chi connectivity index (χ3n) is 7.06. The van der Waals surface area contributed by atoms with Crippen LogP contribution in [0.3, 0.4) is 0 Å². The summed E-state index contributed by atoms with van der Waals surface area (Å²) in [4.78, 5) is 43.4. The molecule has 0 aromatic heterocycles. The number of para-hydroxylation sites is 2. The molecule has 1 amide bonds. The van der Waals surface area contributed by atoms with Crippen molar-refractivity contribution in [1.82, 2.24) is 5.32 Å². The molecule has 1 saturated heterocycles. The largest absolute Gasteiger partial charge is 0.465 e. The number of nitrogens with one attached hydrogen (secondary N) is 1. The molecule has 0 radical (unpaired) electrons. The van der Waals surface area contributed by atoms with Gasteiger partial charge in [-0.3, -0.25) is 14.5 Å². The van der Waals surface area contributed by atoms with Gasteiger partial charge >= 0.3 is 11.9 Å². The molecule has 0 saturated carbocycles. The maximum atomic E-state index is 14.6. The van der Waals surface area contributed by atoms with Crippen molar-refractivity contribution in [2.45, 2.75) is 18.4 Å². The molecule has 1 fully saturated rings. The normalized spacial score (nSPS) is 25.7. The van der Waals surface area contributed by atoms with Crippen LogP contribution in [-0.2, 0) is 24.7 Å². The lowest BCUT2D eigenvalue weighted by Gasteiger charge is -2.39. The Kier molecular flexibility index (Phi) is 5.07. The van der Waals surface area contributed by atoms with Gasteiger partial charge in [0.05, 0.1) is 18.2 Å². The Morgan fingerprint density at radius 3 is 2.58 bits per heavy atom. The van der Waals surface area contributed by atoms with E-state index in [1.54, 1.807) is 30.0 Å². The van der Waals surface area contributed by atoms with Gasteiger partial charge in [0.25, 0.3) is 5.91 Å². The number of halogens is 1. The lowest BCUT2D eigenvalue weighted by atomic mass is 9.63. The van der Waals surface area contributed by atoms with E-state index in [2.05, 4.69) is 21.2 Å². The van der Waals surface area contributed by atoms with Crippen molar-refractivity contribution >= 4 is 62.4 Å². The summed E-state index contributed by atoms with van der Waals surface area (Å²) in [7, 11) is 0. The molecule has 180 valence electrons. The Morgan fingerprint density at radius 1 is 1.11 bits per heavy atom. The van der Waals surface area contributed by atoms with Crippen LogP contribution in [0.2, 0.25) is 0 Å². The predicted octanol–water partition coefficient (Wildman–Crippen LogP) is 4.51. The molecule has 3 heterocycles. The first-order chi connectivity index (χ1) is 17.4. The predicted molar refractivity (Wildman–Crippen MR) is 139 cm³/mol. The highest BCUT2D eigenvalue weighted by atomic mass is 79.9. The molecule has 0 aliphatic carbocycles. The van der Waals surface area contributed by atoms with Crippen molar-refractivity contribution in [3.63, 3.8) is 0 Å². The van der Waals surface area contributed by atoms with Gasteiger partial charge < -0.3 is 14.8 Å². The van der Waals surface area contributed by atoms with Gasteiger partial charge in [0, 0.05) is 21.3 Å². The van der Waals surface area contributed by atoms with E-state index in [0.717, 1.165) is 0 Å². The molecular formula is C27H19BrN2O5S. The first-order valence-corrected chi connectivity index (χ1v) is 12.6. The summed E-state index contributed by atoms with van der Waals surface area (Å²) < 4.78 is 11.8. The van der Waals surface area contributed by atoms with Gasteiger partial charge in [0.1, 0.15) is 10.7 Å². The second-order valence-corrected chi connectivity index (χ2v) is 10.1. The molecular weight excluding hydrogens is 544 g/mol. The molecule has 1 spiro atoms.